The molecule has 0 aliphatic carbocycles. The predicted octanol–water partition coefficient (Wildman–Crippen LogP) is 4.32. The fourth-order valence-corrected chi connectivity index (χ4v) is 4.64. The zero-order valence-electron chi connectivity index (χ0n) is 15.2. The second-order valence-electron chi connectivity index (χ2n) is 6.91. The summed E-state index contributed by atoms with van der Waals surface area (Å²) < 4.78 is 5.36. The van der Waals surface area contributed by atoms with Crippen LogP contribution in [0, 0.1) is 0 Å². The number of thiophene rings is 1. The number of hydrogen-bond donors (Lipinski definition) is 1. The van der Waals surface area contributed by atoms with Gasteiger partial charge in [0.15, 0.2) is 11.6 Å². The number of hydrogen-bond acceptors (Lipinski definition) is 5. The van der Waals surface area contributed by atoms with Crippen molar-refractivity contribution in [3.63, 3.8) is 0 Å². The number of nitrogens with zero attached hydrogens (tertiary/aromatic N) is 2. The van der Waals surface area contributed by atoms with Crippen LogP contribution in [0.2, 0.25) is 0 Å². The van der Waals surface area contributed by atoms with E-state index in [-0.39, 0.29) is 5.56 Å². The van der Waals surface area contributed by atoms with E-state index in [1.54, 1.807) is 18.4 Å². The lowest BCUT2D eigenvalue weighted by Gasteiger charge is -2.27. The summed E-state index contributed by atoms with van der Waals surface area (Å²) in [4.78, 5) is 25.0. The van der Waals surface area contributed by atoms with E-state index in [1.807, 2.05) is 17.4 Å². The Kier molecular flexibility index (Phi) is 4.43. The molecular formula is C22H19N3O2S. The van der Waals surface area contributed by atoms with Gasteiger partial charge in [-0.05, 0) is 29.8 Å². The van der Waals surface area contributed by atoms with Gasteiger partial charge in [0.25, 0.3) is 5.56 Å². The van der Waals surface area contributed by atoms with Crippen molar-refractivity contribution >= 4 is 11.3 Å². The molecule has 5 nitrogen and oxygen atoms in total. The SMILES string of the molecule is O=c1[nH]c(-c2ccco2)nc2c1CN(Cc1ccc(-c3ccccc3)s1)CC2. The van der Waals surface area contributed by atoms with Gasteiger partial charge in [0.1, 0.15) is 0 Å². The molecule has 0 atom stereocenters. The minimum absolute atomic E-state index is 0.0720. The molecule has 0 spiro atoms. The molecule has 0 bridgehead atoms. The summed E-state index contributed by atoms with van der Waals surface area (Å²) in [6, 6.07) is 18.4. The summed E-state index contributed by atoms with van der Waals surface area (Å²) >= 11 is 1.81. The molecule has 0 saturated carbocycles. The summed E-state index contributed by atoms with van der Waals surface area (Å²) in [5, 5.41) is 0. The normalized spacial score (nSPS) is 14.1. The average Bonchev–Trinajstić information content (AvgIpc) is 3.41. The number of aromatic amines is 1. The maximum Gasteiger partial charge on any atom is 0.256 e. The molecule has 4 aromatic rings. The maximum atomic E-state index is 12.6. The van der Waals surface area contributed by atoms with Crippen molar-refractivity contribution in [3.8, 4) is 22.0 Å². The fourth-order valence-electron chi connectivity index (χ4n) is 3.59. The Balaban J connectivity index is 1.34. The van der Waals surface area contributed by atoms with Gasteiger partial charge in [0.05, 0.1) is 17.5 Å². The third-order valence-electron chi connectivity index (χ3n) is 5.00. The highest BCUT2D eigenvalue weighted by Gasteiger charge is 2.22. The second-order valence-corrected chi connectivity index (χ2v) is 8.08. The van der Waals surface area contributed by atoms with Crippen molar-refractivity contribution in [2.75, 3.05) is 6.54 Å². The molecule has 4 heterocycles. The van der Waals surface area contributed by atoms with Crippen LogP contribution in [0.3, 0.4) is 0 Å². The first-order chi connectivity index (χ1) is 13.8. The van der Waals surface area contributed by atoms with E-state index < -0.39 is 0 Å². The van der Waals surface area contributed by atoms with Gasteiger partial charge in [-0.1, -0.05) is 30.3 Å². The standard InChI is InChI=1S/C22H19N3O2S/c26-22-17-14-25(11-10-18(17)23-21(24-22)19-7-4-12-27-19)13-16-8-9-20(28-16)15-5-2-1-3-6-15/h1-9,12H,10-11,13-14H2,(H,23,24,26). The van der Waals surface area contributed by atoms with Crippen molar-refractivity contribution in [2.45, 2.75) is 19.5 Å². The molecule has 1 aliphatic rings. The summed E-state index contributed by atoms with van der Waals surface area (Å²) in [7, 11) is 0. The molecule has 0 unspecified atom stereocenters. The van der Waals surface area contributed by atoms with Gasteiger partial charge in [-0.25, -0.2) is 4.98 Å². The summed E-state index contributed by atoms with van der Waals surface area (Å²) in [6.45, 7) is 2.35. The molecule has 1 N–H and O–H groups in total. The highest BCUT2D eigenvalue weighted by molar-refractivity contribution is 7.15. The smallest absolute Gasteiger partial charge is 0.256 e. The molecule has 1 aliphatic heterocycles. The van der Waals surface area contributed by atoms with Crippen molar-refractivity contribution in [3.05, 3.63) is 87.3 Å². The largest absolute Gasteiger partial charge is 0.461 e. The first kappa shape index (κ1) is 17.2. The number of benzene rings is 1. The van der Waals surface area contributed by atoms with Crippen LogP contribution in [-0.2, 0) is 19.5 Å². The van der Waals surface area contributed by atoms with E-state index in [0.717, 1.165) is 30.8 Å². The van der Waals surface area contributed by atoms with Gasteiger partial charge < -0.3 is 9.40 Å². The quantitative estimate of drug-likeness (QED) is 0.565. The van der Waals surface area contributed by atoms with E-state index in [9.17, 15) is 4.79 Å². The first-order valence-corrected chi connectivity index (χ1v) is 10.1. The van der Waals surface area contributed by atoms with E-state index >= 15 is 0 Å². The van der Waals surface area contributed by atoms with E-state index in [1.165, 1.54) is 15.3 Å². The second kappa shape index (κ2) is 7.22. The summed E-state index contributed by atoms with van der Waals surface area (Å²) in [6.07, 6.45) is 2.35. The van der Waals surface area contributed by atoms with E-state index in [4.69, 9.17) is 4.42 Å². The number of aromatic nitrogens is 2. The molecule has 3 aromatic heterocycles. The lowest BCUT2D eigenvalue weighted by Crippen LogP contribution is -2.35. The molecule has 0 radical (unpaired) electrons. The van der Waals surface area contributed by atoms with Gasteiger partial charge in [-0.15, -0.1) is 11.3 Å². The molecule has 5 rings (SSSR count). The van der Waals surface area contributed by atoms with Crippen LogP contribution < -0.4 is 5.56 Å². The van der Waals surface area contributed by atoms with Crippen LogP contribution in [-0.4, -0.2) is 21.4 Å². The monoisotopic (exact) mass is 389 g/mol. The fraction of sp³-hybridized carbons (Fsp3) is 0.182. The van der Waals surface area contributed by atoms with Crippen molar-refractivity contribution < 1.29 is 4.42 Å². The number of nitrogens with one attached hydrogen (secondary N) is 1. The number of fused-ring (bicyclic) bond motifs is 1. The Hall–Kier alpha value is -2.96. The highest BCUT2D eigenvalue weighted by Crippen LogP contribution is 2.29. The Bertz CT molecular complexity index is 1150. The third kappa shape index (κ3) is 3.32. The van der Waals surface area contributed by atoms with Gasteiger partial charge in [0.2, 0.25) is 0 Å². The zero-order valence-corrected chi connectivity index (χ0v) is 16.0. The predicted molar refractivity (Wildman–Crippen MR) is 110 cm³/mol. The zero-order chi connectivity index (χ0) is 18.9. The lowest BCUT2D eigenvalue weighted by atomic mass is 10.1. The summed E-state index contributed by atoms with van der Waals surface area (Å²) in [5.41, 5.74) is 2.81. The Morgan fingerprint density at radius 1 is 1.11 bits per heavy atom. The van der Waals surface area contributed by atoms with Gasteiger partial charge in [-0.2, -0.15) is 0 Å². The minimum Gasteiger partial charge on any atom is -0.461 e. The molecule has 28 heavy (non-hydrogen) atoms. The van der Waals surface area contributed by atoms with Gasteiger partial charge in [-0.3, -0.25) is 9.69 Å². The van der Waals surface area contributed by atoms with Crippen molar-refractivity contribution in [1.82, 2.24) is 14.9 Å². The number of rotatable bonds is 4. The molecule has 140 valence electrons. The van der Waals surface area contributed by atoms with Crippen LogP contribution in [0.25, 0.3) is 22.0 Å². The van der Waals surface area contributed by atoms with Gasteiger partial charge in [0, 0.05) is 35.8 Å². The van der Waals surface area contributed by atoms with Crippen LogP contribution in [0.5, 0.6) is 0 Å². The molecule has 0 saturated heterocycles. The molecular weight excluding hydrogens is 370 g/mol. The highest BCUT2D eigenvalue weighted by atomic mass is 32.1. The Morgan fingerprint density at radius 2 is 2.00 bits per heavy atom. The van der Waals surface area contributed by atoms with Gasteiger partial charge >= 0.3 is 0 Å². The Morgan fingerprint density at radius 3 is 2.82 bits per heavy atom. The molecule has 1 aromatic carbocycles. The lowest BCUT2D eigenvalue weighted by molar-refractivity contribution is 0.244. The van der Waals surface area contributed by atoms with Crippen LogP contribution in [0.1, 0.15) is 16.1 Å². The molecule has 6 heteroatoms. The Labute approximate surface area is 166 Å². The van der Waals surface area contributed by atoms with Crippen LogP contribution in [0.4, 0.5) is 0 Å². The van der Waals surface area contributed by atoms with E-state index in [2.05, 4.69) is 51.3 Å². The number of furan rings is 1. The van der Waals surface area contributed by atoms with Crippen molar-refractivity contribution in [2.24, 2.45) is 0 Å². The van der Waals surface area contributed by atoms with E-state index in [0.29, 0.717) is 18.1 Å². The maximum absolute atomic E-state index is 12.6. The molecule has 0 amide bonds. The third-order valence-corrected chi connectivity index (χ3v) is 6.12. The summed E-state index contributed by atoms with van der Waals surface area (Å²) in [5.74, 6) is 1.10. The number of H-pyrrole nitrogens is 1. The van der Waals surface area contributed by atoms with Crippen LogP contribution >= 0.6 is 11.3 Å². The van der Waals surface area contributed by atoms with Crippen LogP contribution in [0.15, 0.2) is 70.1 Å². The van der Waals surface area contributed by atoms with Crippen molar-refractivity contribution in [1.29, 1.82) is 0 Å². The first-order valence-electron chi connectivity index (χ1n) is 9.29. The molecule has 0 fully saturated rings. The average molecular weight is 389 g/mol. The minimum atomic E-state index is -0.0720. The topological polar surface area (TPSA) is 62.1 Å².